The Morgan fingerprint density at radius 3 is 2.40 bits per heavy atom. The predicted octanol–water partition coefficient (Wildman–Crippen LogP) is 3.24. The molecular weight excluding hydrogens is 216 g/mol. The molecule has 76 valence electrons. The number of nitrogens with zero attached hydrogens (tertiary/aromatic N) is 1. The zero-order chi connectivity index (χ0) is 10.8. The van der Waals surface area contributed by atoms with Gasteiger partial charge in [0.15, 0.2) is 0 Å². The fourth-order valence-corrected chi connectivity index (χ4v) is 1.46. The van der Waals surface area contributed by atoms with E-state index in [4.69, 9.17) is 11.6 Å². The third-order valence-electron chi connectivity index (χ3n) is 2.04. The summed E-state index contributed by atoms with van der Waals surface area (Å²) in [4.78, 5) is 13.0. The summed E-state index contributed by atoms with van der Waals surface area (Å²) in [6.07, 6.45) is 1.66. The Kier molecular flexibility index (Phi) is 2.43. The average molecular weight is 223 g/mol. The van der Waals surface area contributed by atoms with Gasteiger partial charge in [0, 0.05) is 24.0 Å². The van der Waals surface area contributed by atoms with Gasteiger partial charge in [-0.2, -0.15) is 0 Å². The third kappa shape index (κ3) is 1.99. The molecule has 1 heterocycles. The van der Waals surface area contributed by atoms with Crippen LogP contribution in [0.15, 0.2) is 36.5 Å². The van der Waals surface area contributed by atoms with E-state index in [1.54, 1.807) is 24.4 Å². The van der Waals surface area contributed by atoms with Crippen molar-refractivity contribution in [3.63, 3.8) is 0 Å². The Morgan fingerprint density at radius 2 is 1.93 bits per heavy atom. The summed E-state index contributed by atoms with van der Waals surface area (Å²) in [5.41, 5.74) is 1.79. The second kappa shape index (κ2) is 3.74. The van der Waals surface area contributed by atoms with Crippen LogP contribution in [0.1, 0.15) is 0 Å². The Balaban J connectivity index is 2.35. The highest BCUT2D eigenvalue weighted by atomic mass is 35.5. The lowest BCUT2D eigenvalue weighted by molar-refractivity contribution is -0.384. The molecule has 0 aliphatic carbocycles. The smallest absolute Gasteiger partial charge is 0.269 e. The van der Waals surface area contributed by atoms with Gasteiger partial charge < -0.3 is 4.98 Å². The lowest BCUT2D eigenvalue weighted by atomic mass is 10.1. The van der Waals surface area contributed by atoms with Gasteiger partial charge in [0.1, 0.15) is 0 Å². The van der Waals surface area contributed by atoms with E-state index in [0.717, 1.165) is 11.3 Å². The summed E-state index contributed by atoms with van der Waals surface area (Å²) < 4.78 is 0. The van der Waals surface area contributed by atoms with E-state index < -0.39 is 4.92 Å². The van der Waals surface area contributed by atoms with Gasteiger partial charge in [0.25, 0.3) is 5.69 Å². The topological polar surface area (TPSA) is 58.9 Å². The van der Waals surface area contributed by atoms with Gasteiger partial charge in [-0.3, -0.25) is 10.1 Å². The highest BCUT2D eigenvalue weighted by Crippen LogP contribution is 2.23. The van der Waals surface area contributed by atoms with E-state index in [1.165, 1.54) is 12.1 Å². The summed E-state index contributed by atoms with van der Waals surface area (Å²) in [6, 6.07) is 8.05. The Morgan fingerprint density at radius 1 is 1.27 bits per heavy atom. The van der Waals surface area contributed by atoms with Crippen molar-refractivity contribution in [1.29, 1.82) is 0 Å². The molecule has 1 aromatic carbocycles. The highest BCUT2D eigenvalue weighted by molar-refractivity contribution is 6.30. The van der Waals surface area contributed by atoms with Crippen LogP contribution in [0, 0.1) is 10.1 Å². The van der Waals surface area contributed by atoms with E-state index in [-0.39, 0.29) is 5.69 Å². The van der Waals surface area contributed by atoms with Crippen LogP contribution in [0.25, 0.3) is 11.3 Å². The van der Waals surface area contributed by atoms with Crippen molar-refractivity contribution in [3.05, 3.63) is 51.7 Å². The predicted molar refractivity (Wildman–Crippen MR) is 57.9 cm³/mol. The number of halogens is 1. The van der Waals surface area contributed by atoms with Gasteiger partial charge in [-0.1, -0.05) is 11.6 Å². The molecule has 0 unspecified atom stereocenters. The maximum atomic E-state index is 10.4. The first kappa shape index (κ1) is 9.73. The summed E-state index contributed by atoms with van der Waals surface area (Å²) in [5.74, 6) is 0. The van der Waals surface area contributed by atoms with Gasteiger partial charge in [0.2, 0.25) is 0 Å². The number of nitro benzene ring substituents is 1. The number of rotatable bonds is 2. The van der Waals surface area contributed by atoms with Gasteiger partial charge in [0.05, 0.1) is 9.95 Å². The molecule has 1 N–H and O–H groups in total. The van der Waals surface area contributed by atoms with E-state index in [2.05, 4.69) is 4.98 Å². The molecule has 15 heavy (non-hydrogen) atoms. The molecule has 0 atom stereocenters. The minimum absolute atomic E-state index is 0.0800. The molecule has 0 radical (unpaired) electrons. The lowest BCUT2D eigenvalue weighted by Crippen LogP contribution is -1.86. The molecule has 2 aromatic rings. The number of aromatic nitrogens is 1. The van der Waals surface area contributed by atoms with E-state index >= 15 is 0 Å². The number of H-pyrrole nitrogens is 1. The summed E-state index contributed by atoms with van der Waals surface area (Å²) >= 11 is 5.75. The standard InChI is InChI=1S/C10H7ClN2O2/c11-8-5-10(12-6-8)7-1-3-9(4-2-7)13(14)15/h1-6,12H. The van der Waals surface area contributed by atoms with Gasteiger partial charge >= 0.3 is 0 Å². The largest absolute Gasteiger partial charge is 0.360 e. The molecule has 0 fully saturated rings. The second-order valence-corrected chi connectivity index (χ2v) is 3.47. The Labute approximate surface area is 90.7 Å². The molecule has 1 aromatic heterocycles. The molecule has 2 rings (SSSR count). The van der Waals surface area contributed by atoms with Crippen molar-refractivity contribution in [2.24, 2.45) is 0 Å². The quantitative estimate of drug-likeness (QED) is 0.626. The van der Waals surface area contributed by atoms with E-state index in [0.29, 0.717) is 5.02 Å². The zero-order valence-electron chi connectivity index (χ0n) is 7.61. The van der Waals surface area contributed by atoms with Crippen LogP contribution in [-0.4, -0.2) is 9.91 Å². The van der Waals surface area contributed by atoms with E-state index in [1.807, 2.05) is 0 Å². The third-order valence-corrected chi connectivity index (χ3v) is 2.26. The molecule has 0 amide bonds. The maximum absolute atomic E-state index is 10.4. The number of hydrogen-bond acceptors (Lipinski definition) is 2. The van der Waals surface area contributed by atoms with Crippen LogP contribution in [-0.2, 0) is 0 Å². The number of nitrogens with one attached hydrogen (secondary N) is 1. The number of nitro groups is 1. The van der Waals surface area contributed by atoms with Crippen LogP contribution >= 0.6 is 11.6 Å². The summed E-state index contributed by atoms with van der Waals surface area (Å²) in [5, 5.41) is 11.0. The first-order valence-corrected chi connectivity index (χ1v) is 4.63. The van der Waals surface area contributed by atoms with Crippen LogP contribution < -0.4 is 0 Å². The molecule has 0 aliphatic rings. The Hall–Kier alpha value is -1.81. The van der Waals surface area contributed by atoms with Gasteiger partial charge in [-0.15, -0.1) is 0 Å². The molecule has 4 nitrogen and oxygen atoms in total. The van der Waals surface area contributed by atoms with Crippen LogP contribution in [0.2, 0.25) is 5.02 Å². The number of aromatic amines is 1. The first-order chi connectivity index (χ1) is 7.16. The van der Waals surface area contributed by atoms with Crippen molar-refractivity contribution < 1.29 is 4.92 Å². The molecule has 0 saturated carbocycles. The zero-order valence-corrected chi connectivity index (χ0v) is 8.36. The van der Waals surface area contributed by atoms with Crippen molar-refractivity contribution in [3.8, 4) is 11.3 Å². The molecule has 0 spiro atoms. The van der Waals surface area contributed by atoms with Crippen LogP contribution in [0.5, 0.6) is 0 Å². The first-order valence-electron chi connectivity index (χ1n) is 4.25. The highest BCUT2D eigenvalue weighted by Gasteiger charge is 2.05. The number of benzene rings is 1. The van der Waals surface area contributed by atoms with Crippen LogP contribution in [0.4, 0.5) is 5.69 Å². The summed E-state index contributed by atoms with van der Waals surface area (Å²) in [6.45, 7) is 0. The van der Waals surface area contributed by atoms with Crippen molar-refractivity contribution in [1.82, 2.24) is 4.98 Å². The summed E-state index contributed by atoms with van der Waals surface area (Å²) in [7, 11) is 0. The van der Waals surface area contributed by atoms with E-state index in [9.17, 15) is 10.1 Å². The normalized spacial score (nSPS) is 10.2. The molecule has 0 bridgehead atoms. The van der Waals surface area contributed by atoms with Crippen LogP contribution in [0.3, 0.4) is 0 Å². The second-order valence-electron chi connectivity index (χ2n) is 3.04. The lowest BCUT2D eigenvalue weighted by Gasteiger charge is -1.96. The SMILES string of the molecule is O=[N+]([O-])c1ccc(-c2cc(Cl)c[nH]2)cc1. The van der Waals surface area contributed by atoms with Gasteiger partial charge in [-0.05, 0) is 23.8 Å². The van der Waals surface area contributed by atoms with Crippen molar-refractivity contribution in [2.45, 2.75) is 0 Å². The fourth-order valence-electron chi connectivity index (χ4n) is 1.30. The van der Waals surface area contributed by atoms with Gasteiger partial charge in [-0.25, -0.2) is 0 Å². The van der Waals surface area contributed by atoms with Crippen molar-refractivity contribution >= 4 is 17.3 Å². The monoisotopic (exact) mass is 222 g/mol. The minimum atomic E-state index is -0.425. The average Bonchev–Trinajstić information content (AvgIpc) is 2.65. The maximum Gasteiger partial charge on any atom is 0.269 e. The molecule has 0 saturated heterocycles. The number of non-ortho nitro benzene ring substituents is 1. The minimum Gasteiger partial charge on any atom is -0.360 e. The number of hydrogen-bond donors (Lipinski definition) is 1. The fraction of sp³-hybridized carbons (Fsp3) is 0. The molecular formula is C10H7ClN2O2. The molecule has 5 heteroatoms. The Bertz CT molecular complexity index is 490. The molecule has 0 aliphatic heterocycles. The van der Waals surface area contributed by atoms with Crippen molar-refractivity contribution in [2.75, 3.05) is 0 Å².